The lowest BCUT2D eigenvalue weighted by Crippen LogP contribution is -2.30. The van der Waals surface area contributed by atoms with Gasteiger partial charge >= 0.3 is 0 Å². The first-order valence-electron chi connectivity index (χ1n) is 6.38. The number of benzene rings is 1. The van der Waals surface area contributed by atoms with Gasteiger partial charge in [0.2, 0.25) is 0 Å². The molecule has 1 aromatic heterocycles. The van der Waals surface area contributed by atoms with Gasteiger partial charge in [-0.15, -0.1) is 0 Å². The Balaban J connectivity index is 2.01. The van der Waals surface area contributed by atoms with E-state index in [2.05, 4.69) is 47.7 Å². The second-order valence-electron chi connectivity index (χ2n) is 4.86. The third-order valence-corrected chi connectivity index (χ3v) is 3.20. The minimum Gasteiger partial charge on any atom is -0.316 e. The maximum Gasteiger partial charge on any atom is 0.0640 e. The van der Waals surface area contributed by atoms with Crippen molar-refractivity contribution in [3.8, 4) is 0 Å². The van der Waals surface area contributed by atoms with Crippen LogP contribution in [0.1, 0.15) is 16.8 Å². The fourth-order valence-corrected chi connectivity index (χ4v) is 2.22. The predicted octanol–water partition coefficient (Wildman–Crippen LogP) is 2.10. The maximum absolute atomic E-state index is 4.43. The molecule has 0 radical (unpaired) electrons. The van der Waals surface area contributed by atoms with E-state index in [0.29, 0.717) is 6.04 Å². The third kappa shape index (κ3) is 3.44. The van der Waals surface area contributed by atoms with Gasteiger partial charge in [0.15, 0.2) is 0 Å². The third-order valence-electron chi connectivity index (χ3n) is 3.20. The Bertz CT molecular complexity index is 502. The SMILES string of the molecule is CNC(Cc1cccc(C)c1)Cc1ccn(C)n1. The van der Waals surface area contributed by atoms with Gasteiger partial charge in [0.1, 0.15) is 0 Å². The summed E-state index contributed by atoms with van der Waals surface area (Å²) in [6.45, 7) is 2.14. The van der Waals surface area contributed by atoms with Crippen LogP contribution in [-0.2, 0) is 19.9 Å². The molecular weight excluding hydrogens is 222 g/mol. The van der Waals surface area contributed by atoms with Gasteiger partial charge < -0.3 is 5.32 Å². The van der Waals surface area contributed by atoms with E-state index in [0.717, 1.165) is 18.5 Å². The van der Waals surface area contributed by atoms with Crippen molar-refractivity contribution >= 4 is 0 Å². The van der Waals surface area contributed by atoms with Crippen molar-refractivity contribution in [2.45, 2.75) is 25.8 Å². The van der Waals surface area contributed by atoms with E-state index in [1.807, 2.05) is 25.0 Å². The lowest BCUT2D eigenvalue weighted by Gasteiger charge is -2.15. The lowest BCUT2D eigenvalue weighted by atomic mass is 10.0. The number of nitrogens with one attached hydrogen (secondary N) is 1. The molecule has 2 aromatic rings. The van der Waals surface area contributed by atoms with Crippen molar-refractivity contribution < 1.29 is 0 Å². The zero-order valence-electron chi connectivity index (χ0n) is 11.4. The molecule has 1 unspecified atom stereocenters. The van der Waals surface area contributed by atoms with Gasteiger partial charge in [-0.25, -0.2) is 0 Å². The number of aryl methyl sites for hydroxylation is 2. The number of hydrogen-bond donors (Lipinski definition) is 1. The molecule has 96 valence electrons. The molecule has 1 atom stereocenters. The summed E-state index contributed by atoms with van der Waals surface area (Å²) in [7, 11) is 3.97. The smallest absolute Gasteiger partial charge is 0.0640 e. The molecule has 0 spiro atoms. The Kier molecular flexibility index (Phi) is 4.15. The van der Waals surface area contributed by atoms with Crippen LogP contribution in [0.2, 0.25) is 0 Å². The summed E-state index contributed by atoms with van der Waals surface area (Å²) in [5.41, 5.74) is 3.84. The summed E-state index contributed by atoms with van der Waals surface area (Å²) in [4.78, 5) is 0. The van der Waals surface area contributed by atoms with E-state index < -0.39 is 0 Å². The highest BCUT2D eigenvalue weighted by Gasteiger charge is 2.10. The van der Waals surface area contributed by atoms with Crippen molar-refractivity contribution in [1.29, 1.82) is 0 Å². The summed E-state index contributed by atoms with van der Waals surface area (Å²) in [6, 6.07) is 11.2. The van der Waals surface area contributed by atoms with E-state index in [1.165, 1.54) is 11.1 Å². The molecular formula is C15H21N3. The van der Waals surface area contributed by atoms with Gasteiger partial charge in [-0.1, -0.05) is 29.8 Å². The summed E-state index contributed by atoms with van der Waals surface area (Å²) in [5.74, 6) is 0. The van der Waals surface area contributed by atoms with Crippen LogP contribution in [0.3, 0.4) is 0 Å². The highest BCUT2D eigenvalue weighted by molar-refractivity contribution is 5.23. The molecule has 0 saturated heterocycles. The van der Waals surface area contributed by atoms with Gasteiger partial charge in [0, 0.05) is 25.7 Å². The molecule has 3 nitrogen and oxygen atoms in total. The Morgan fingerprint density at radius 3 is 2.72 bits per heavy atom. The lowest BCUT2D eigenvalue weighted by molar-refractivity contribution is 0.545. The van der Waals surface area contributed by atoms with Gasteiger partial charge in [0.25, 0.3) is 0 Å². The van der Waals surface area contributed by atoms with Crippen LogP contribution in [0.15, 0.2) is 36.5 Å². The van der Waals surface area contributed by atoms with Crippen molar-refractivity contribution in [2.24, 2.45) is 7.05 Å². The molecule has 0 aliphatic rings. The summed E-state index contributed by atoms with van der Waals surface area (Å²) < 4.78 is 1.86. The second kappa shape index (κ2) is 5.83. The van der Waals surface area contributed by atoms with Crippen molar-refractivity contribution in [2.75, 3.05) is 7.05 Å². The molecule has 0 aliphatic heterocycles. The zero-order chi connectivity index (χ0) is 13.0. The number of likely N-dealkylation sites (N-methyl/N-ethyl adjacent to an activating group) is 1. The molecule has 0 bridgehead atoms. The molecule has 1 aromatic carbocycles. The van der Waals surface area contributed by atoms with Gasteiger partial charge in [-0.3, -0.25) is 4.68 Å². The van der Waals surface area contributed by atoms with Crippen LogP contribution < -0.4 is 5.32 Å². The molecule has 3 heteroatoms. The topological polar surface area (TPSA) is 29.9 Å². The molecule has 18 heavy (non-hydrogen) atoms. The van der Waals surface area contributed by atoms with Crippen molar-refractivity contribution in [3.63, 3.8) is 0 Å². The predicted molar refractivity (Wildman–Crippen MR) is 74.6 cm³/mol. The van der Waals surface area contributed by atoms with Gasteiger partial charge in [0.05, 0.1) is 5.69 Å². The molecule has 1 N–H and O–H groups in total. The maximum atomic E-state index is 4.43. The van der Waals surface area contributed by atoms with Crippen LogP contribution in [0.5, 0.6) is 0 Å². The van der Waals surface area contributed by atoms with E-state index in [9.17, 15) is 0 Å². The summed E-state index contributed by atoms with van der Waals surface area (Å²) >= 11 is 0. The fraction of sp³-hybridized carbons (Fsp3) is 0.400. The van der Waals surface area contributed by atoms with E-state index >= 15 is 0 Å². The summed E-state index contributed by atoms with van der Waals surface area (Å²) in [6.07, 6.45) is 3.99. The quantitative estimate of drug-likeness (QED) is 0.871. The molecule has 0 aliphatic carbocycles. The first-order chi connectivity index (χ1) is 8.67. The monoisotopic (exact) mass is 243 g/mol. The number of aromatic nitrogens is 2. The first kappa shape index (κ1) is 12.8. The average molecular weight is 243 g/mol. The average Bonchev–Trinajstić information content (AvgIpc) is 2.74. The Hall–Kier alpha value is -1.61. The normalized spacial score (nSPS) is 12.6. The molecule has 0 saturated carbocycles. The van der Waals surface area contributed by atoms with Crippen LogP contribution in [0.4, 0.5) is 0 Å². The van der Waals surface area contributed by atoms with Gasteiger partial charge in [-0.05, 0) is 32.0 Å². The van der Waals surface area contributed by atoms with E-state index in [4.69, 9.17) is 0 Å². The number of rotatable bonds is 5. The Morgan fingerprint density at radius 2 is 2.11 bits per heavy atom. The van der Waals surface area contributed by atoms with Crippen LogP contribution >= 0.6 is 0 Å². The zero-order valence-corrected chi connectivity index (χ0v) is 11.4. The molecule has 0 fully saturated rings. The standard InChI is InChI=1S/C15H21N3/c1-12-5-4-6-13(9-12)10-15(16-2)11-14-7-8-18(3)17-14/h4-9,15-16H,10-11H2,1-3H3. The summed E-state index contributed by atoms with van der Waals surface area (Å²) in [5, 5.41) is 7.81. The van der Waals surface area contributed by atoms with Crippen LogP contribution in [-0.4, -0.2) is 22.9 Å². The highest BCUT2D eigenvalue weighted by atomic mass is 15.2. The van der Waals surface area contributed by atoms with Crippen LogP contribution in [0, 0.1) is 6.92 Å². The van der Waals surface area contributed by atoms with E-state index in [-0.39, 0.29) is 0 Å². The van der Waals surface area contributed by atoms with Crippen molar-refractivity contribution in [1.82, 2.24) is 15.1 Å². The van der Waals surface area contributed by atoms with Gasteiger partial charge in [-0.2, -0.15) is 5.10 Å². The minimum atomic E-state index is 0.432. The Morgan fingerprint density at radius 1 is 1.28 bits per heavy atom. The molecule has 2 rings (SSSR count). The fourth-order valence-electron chi connectivity index (χ4n) is 2.22. The van der Waals surface area contributed by atoms with Crippen LogP contribution in [0.25, 0.3) is 0 Å². The highest BCUT2D eigenvalue weighted by Crippen LogP contribution is 2.09. The largest absolute Gasteiger partial charge is 0.316 e. The minimum absolute atomic E-state index is 0.432. The Labute approximate surface area is 109 Å². The number of hydrogen-bond acceptors (Lipinski definition) is 2. The first-order valence-corrected chi connectivity index (χ1v) is 6.38. The molecule has 1 heterocycles. The number of nitrogens with zero attached hydrogens (tertiary/aromatic N) is 2. The van der Waals surface area contributed by atoms with E-state index in [1.54, 1.807) is 0 Å². The second-order valence-corrected chi connectivity index (χ2v) is 4.86. The van der Waals surface area contributed by atoms with Crippen molar-refractivity contribution in [3.05, 3.63) is 53.3 Å². The molecule has 0 amide bonds.